The highest BCUT2D eigenvalue weighted by atomic mass is 79.9. The van der Waals surface area contributed by atoms with Gasteiger partial charge in [-0.1, -0.05) is 40.5 Å². The van der Waals surface area contributed by atoms with E-state index < -0.39 is 11.4 Å². The van der Waals surface area contributed by atoms with Gasteiger partial charge in [0.15, 0.2) is 5.79 Å². The van der Waals surface area contributed by atoms with Crippen LogP contribution in [0.3, 0.4) is 0 Å². The van der Waals surface area contributed by atoms with Crippen LogP contribution in [0.1, 0.15) is 71.9 Å². The summed E-state index contributed by atoms with van der Waals surface area (Å²) in [5.74, 6) is -0.554. The van der Waals surface area contributed by atoms with E-state index in [1.54, 1.807) is 20.4 Å². The predicted molar refractivity (Wildman–Crippen MR) is 103 cm³/mol. The van der Waals surface area contributed by atoms with E-state index >= 15 is 0 Å². The molecule has 1 saturated carbocycles. The molecule has 1 aromatic heterocycles. The Morgan fingerprint density at radius 3 is 1.88 bits per heavy atom. The number of hydrogen-bond acceptors (Lipinski definition) is 4. The van der Waals surface area contributed by atoms with Gasteiger partial charge in [0, 0.05) is 37.7 Å². The van der Waals surface area contributed by atoms with Gasteiger partial charge in [-0.3, -0.25) is 4.98 Å². The molecule has 0 amide bonds. The molecule has 0 saturated heterocycles. The van der Waals surface area contributed by atoms with Crippen molar-refractivity contribution in [2.45, 2.75) is 77.6 Å². The maximum absolute atomic E-state index is 10.7. The van der Waals surface area contributed by atoms with Crippen molar-refractivity contribution in [2.24, 2.45) is 0 Å². The lowest BCUT2D eigenvalue weighted by atomic mass is 9.79. The van der Waals surface area contributed by atoms with Crippen molar-refractivity contribution >= 4 is 15.9 Å². The maximum Gasteiger partial charge on any atom is 0.167 e. The quantitative estimate of drug-likeness (QED) is 0.680. The highest BCUT2D eigenvalue weighted by molar-refractivity contribution is 9.10. The molecule has 0 atom stereocenters. The summed E-state index contributed by atoms with van der Waals surface area (Å²) in [5, 5.41) is 10.7. The summed E-state index contributed by atoms with van der Waals surface area (Å²) in [4.78, 5) is 4.29. The second kappa shape index (κ2) is 12.0. The Hall–Kier alpha value is -0.490. The zero-order chi connectivity index (χ0) is 18.6. The molecule has 2 rings (SSSR count). The molecule has 1 aliphatic rings. The first-order valence-corrected chi connectivity index (χ1v) is 9.69. The van der Waals surface area contributed by atoms with Crippen LogP contribution in [-0.4, -0.2) is 30.1 Å². The summed E-state index contributed by atoms with van der Waals surface area (Å²) in [6.07, 6.45) is 6.84. The van der Waals surface area contributed by atoms with Crippen molar-refractivity contribution in [3.63, 3.8) is 0 Å². The van der Waals surface area contributed by atoms with E-state index in [9.17, 15) is 5.11 Å². The van der Waals surface area contributed by atoms with E-state index in [0.717, 1.165) is 4.47 Å². The highest BCUT2D eigenvalue weighted by Crippen LogP contribution is 2.42. The molecule has 4 nitrogen and oxygen atoms in total. The third-order valence-electron chi connectivity index (χ3n) is 4.29. The second-order valence-electron chi connectivity index (χ2n) is 5.71. The molecule has 0 spiro atoms. The molecule has 1 aromatic rings. The van der Waals surface area contributed by atoms with Gasteiger partial charge in [-0.15, -0.1) is 0 Å². The number of aromatic nitrogens is 1. The van der Waals surface area contributed by atoms with Gasteiger partial charge in [0.25, 0.3) is 0 Å². The van der Waals surface area contributed by atoms with Crippen LogP contribution in [-0.2, 0) is 15.1 Å². The minimum atomic E-state index is -0.874. The third-order valence-corrected chi connectivity index (χ3v) is 4.76. The van der Waals surface area contributed by atoms with E-state index in [-0.39, 0.29) is 0 Å². The molecule has 1 fully saturated rings. The molecule has 0 aromatic carbocycles. The molecule has 1 aliphatic carbocycles. The number of unbranched alkanes of at least 4 members (excludes halogenated alkanes) is 1. The van der Waals surface area contributed by atoms with Crippen molar-refractivity contribution in [3.8, 4) is 0 Å². The predicted octanol–water partition coefficient (Wildman–Crippen LogP) is 5.43. The number of pyridine rings is 1. The van der Waals surface area contributed by atoms with Crippen molar-refractivity contribution in [1.82, 2.24) is 4.98 Å². The molecule has 0 bridgehead atoms. The van der Waals surface area contributed by atoms with Crippen LogP contribution in [0.2, 0.25) is 0 Å². The van der Waals surface area contributed by atoms with Crippen LogP contribution < -0.4 is 0 Å². The summed E-state index contributed by atoms with van der Waals surface area (Å²) in [7, 11) is 3.29. The Morgan fingerprint density at radius 2 is 1.54 bits per heavy atom. The standard InChI is InChI=1S/C13H18BrNO3.C4H10.C2H6/c1-17-13(18-2)7-5-12(16,6-8-13)11-4-3-10(14)9-15-11;1-3-4-2;1-2/h3-4,9,16H,5-8H2,1-2H3;3-4H2,1-2H3;1-2H3. The third kappa shape index (κ3) is 6.79. The largest absolute Gasteiger partial charge is 0.384 e. The fraction of sp³-hybridized carbons (Fsp3) is 0.737. The molecule has 1 N–H and O–H groups in total. The second-order valence-corrected chi connectivity index (χ2v) is 6.63. The number of halogens is 1. The molecule has 140 valence electrons. The molecule has 5 heteroatoms. The van der Waals surface area contributed by atoms with Gasteiger partial charge in [-0.05, 0) is 40.9 Å². The van der Waals surface area contributed by atoms with Crippen LogP contribution in [0.25, 0.3) is 0 Å². The first kappa shape index (κ1) is 23.5. The normalized spacial score (nSPS) is 17.8. The molecule has 1 heterocycles. The van der Waals surface area contributed by atoms with E-state index in [0.29, 0.717) is 31.4 Å². The fourth-order valence-electron chi connectivity index (χ4n) is 2.44. The molecule has 24 heavy (non-hydrogen) atoms. The zero-order valence-electron chi connectivity index (χ0n) is 16.1. The number of ether oxygens (including phenoxy) is 2. The fourth-order valence-corrected chi connectivity index (χ4v) is 2.68. The Kier molecular flexibility index (Phi) is 11.7. The minimum Gasteiger partial charge on any atom is -0.384 e. The average molecular weight is 404 g/mol. The van der Waals surface area contributed by atoms with Gasteiger partial charge >= 0.3 is 0 Å². The summed E-state index contributed by atoms with van der Waals surface area (Å²) in [5.41, 5.74) is -0.159. The van der Waals surface area contributed by atoms with Gasteiger partial charge in [0.1, 0.15) is 5.60 Å². The van der Waals surface area contributed by atoms with Gasteiger partial charge in [0.2, 0.25) is 0 Å². The lowest BCUT2D eigenvalue weighted by Gasteiger charge is -2.41. The van der Waals surface area contributed by atoms with E-state index in [2.05, 4.69) is 34.8 Å². The van der Waals surface area contributed by atoms with Crippen LogP contribution >= 0.6 is 15.9 Å². The molecular weight excluding hydrogens is 370 g/mol. The van der Waals surface area contributed by atoms with E-state index in [1.807, 2.05) is 26.0 Å². The summed E-state index contributed by atoms with van der Waals surface area (Å²) >= 11 is 3.34. The van der Waals surface area contributed by atoms with E-state index in [1.165, 1.54) is 12.8 Å². The van der Waals surface area contributed by atoms with Crippen molar-refractivity contribution in [2.75, 3.05) is 14.2 Å². The first-order chi connectivity index (χ1) is 11.4. The smallest absolute Gasteiger partial charge is 0.167 e. The molecular formula is C19H34BrNO3. The Bertz CT molecular complexity index is 421. The van der Waals surface area contributed by atoms with Crippen LogP contribution in [0, 0.1) is 0 Å². The van der Waals surface area contributed by atoms with Crippen LogP contribution in [0.5, 0.6) is 0 Å². The first-order valence-electron chi connectivity index (χ1n) is 8.90. The Balaban J connectivity index is 0.000000773. The van der Waals surface area contributed by atoms with Crippen molar-refractivity contribution < 1.29 is 14.6 Å². The number of nitrogens with zero attached hydrogens (tertiary/aromatic N) is 1. The van der Waals surface area contributed by atoms with Gasteiger partial charge < -0.3 is 14.6 Å². The minimum absolute atomic E-state index is 0.554. The van der Waals surface area contributed by atoms with Crippen LogP contribution in [0.4, 0.5) is 0 Å². The van der Waals surface area contributed by atoms with Gasteiger partial charge in [-0.25, -0.2) is 0 Å². The number of rotatable bonds is 4. The number of aliphatic hydroxyl groups is 1. The lowest BCUT2D eigenvalue weighted by Crippen LogP contribution is -2.44. The maximum atomic E-state index is 10.7. The number of methoxy groups -OCH3 is 2. The average Bonchev–Trinajstić information content (AvgIpc) is 2.65. The molecule has 0 unspecified atom stereocenters. The monoisotopic (exact) mass is 403 g/mol. The van der Waals surface area contributed by atoms with Crippen molar-refractivity contribution in [1.29, 1.82) is 0 Å². The topological polar surface area (TPSA) is 51.6 Å². The SMILES string of the molecule is CC.CCCC.COC1(OC)CCC(O)(c2ccc(Br)cn2)CC1. The van der Waals surface area contributed by atoms with E-state index in [4.69, 9.17) is 9.47 Å². The summed E-state index contributed by atoms with van der Waals surface area (Å²) in [6, 6.07) is 3.76. The van der Waals surface area contributed by atoms with Gasteiger partial charge in [-0.2, -0.15) is 0 Å². The highest BCUT2D eigenvalue weighted by Gasteiger charge is 2.43. The molecule has 0 radical (unpaired) electrons. The Morgan fingerprint density at radius 1 is 1.04 bits per heavy atom. The van der Waals surface area contributed by atoms with Crippen molar-refractivity contribution in [3.05, 3.63) is 28.5 Å². The Labute approximate surface area is 156 Å². The summed E-state index contributed by atoms with van der Waals surface area (Å²) < 4.78 is 11.7. The number of hydrogen-bond donors (Lipinski definition) is 1. The van der Waals surface area contributed by atoms with Gasteiger partial charge in [0.05, 0.1) is 5.69 Å². The van der Waals surface area contributed by atoms with Crippen LogP contribution in [0.15, 0.2) is 22.8 Å². The molecule has 0 aliphatic heterocycles. The lowest BCUT2D eigenvalue weighted by molar-refractivity contribution is -0.243. The zero-order valence-corrected chi connectivity index (χ0v) is 17.6. The summed E-state index contributed by atoms with van der Waals surface area (Å²) in [6.45, 7) is 8.36.